The van der Waals surface area contributed by atoms with Gasteiger partial charge in [-0.05, 0) is 36.2 Å². The van der Waals surface area contributed by atoms with Gasteiger partial charge in [-0.15, -0.1) is 0 Å². The normalized spacial score (nSPS) is 10.9. The van der Waals surface area contributed by atoms with Gasteiger partial charge in [0.1, 0.15) is 5.82 Å². The molecule has 0 atom stereocenters. The van der Waals surface area contributed by atoms with Crippen molar-refractivity contribution in [2.45, 2.75) is 12.8 Å². The monoisotopic (exact) mass is 329 g/mol. The number of aromatic amines is 1. The molecular weight excluding hydrogens is 309 g/mol. The number of carbonyl (C=O) groups excluding carboxylic acids is 1. The van der Waals surface area contributed by atoms with Gasteiger partial charge in [0.25, 0.3) is 0 Å². The van der Waals surface area contributed by atoms with Crippen LogP contribution in [0.15, 0.2) is 36.7 Å². The van der Waals surface area contributed by atoms with Gasteiger partial charge >= 0.3 is 6.03 Å². The molecular formula is C17H20FN5O. The van der Waals surface area contributed by atoms with Gasteiger partial charge in [0.15, 0.2) is 0 Å². The van der Waals surface area contributed by atoms with Gasteiger partial charge in [-0.2, -0.15) is 5.10 Å². The zero-order chi connectivity index (χ0) is 16.9. The summed E-state index contributed by atoms with van der Waals surface area (Å²) in [4.78, 5) is 14.9. The lowest BCUT2D eigenvalue weighted by Crippen LogP contribution is -2.37. The van der Waals surface area contributed by atoms with Crippen molar-refractivity contribution in [3.05, 3.63) is 53.7 Å². The summed E-state index contributed by atoms with van der Waals surface area (Å²) in [7, 11) is 1.86. The Morgan fingerprint density at radius 3 is 2.79 bits per heavy atom. The molecule has 0 bridgehead atoms. The minimum atomic E-state index is -0.261. The third-order valence-electron chi connectivity index (χ3n) is 3.84. The van der Waals surface area contributed by atoms with E-state index in [4.69, 9.17) is 0 Å². The van der Waals surface area contributed by atoms with E-state index < -0.39 is 0 Å². The Hall–Kier alpha value is -2.83. The minimum Gasteiger partial charge on any atom is -0.361 e. The molecule has 0 radical (unpaired) electrons. The van der Waals surface area contributed by atoms with Gasteiger partial charge in [-0.1, -0.05) is 0 Å². The molecule has 0 unspecified atom stereocenters. The number of nitrogens with zero attached hydrogens (tertiary/aromatic N) is 2. The van der Waals surface area contributed by atoms with Crippen molar-refractivity contribution < 1.29 is 9.18 Å². The number of aromatic nitrogens is 3. The number of amides is 2. The Labute approximate surface area is 139 Å². The predicted molar refractivity (Wildman–Crippen MR) is 90.3 cm³/mol. The Kier molecular flexibility index (Phi) is 4.79. The number of urea groups is 1. The minimum absolute atomic E-state index is 0.211. The molecule has 7 heteroatoms. The fourth-order valence-corrected chi connectivity index (χ4v) is 2.63. The van der Waals surface area contributed by atoms with Crippen molar-refractivity contribution in [2.24, 2.45) is 7.05 Å². The summed E-state index contributed by atoms with van der Waals surface area (Å²) in [5, 5.41) is 10.7. The van der Waals surface area contributed by atoms with E-state index in [0.29, 0.717) is 25.9 Å². The molecule has 1 aromatic carbocycles. The number of aryl methyl sites for hydroxylation is 1. The molecule has 0 aliphatic heterocycles. The van der Waals surface area contributed by atoms with Crippen LogP contribution >= 0.6 is 0 Å². The predicted octanol–water partition coefficient (Wildman–Crippen LogP) is 2.12. The van der Waals surface area contributed by atoms with E-state index in [9.17, 15) is 9.18 Å². The van der Waals surface area contributed by atoms with Crippen LogP contribution in [-0.2, 0) is 19.9 Å². The molecule has 0 saturated carbocycles. The van der Waals surface area contributed by atoms with Crippen molar-refractivity contribution in [1.82, 2.24) is 25.4 Å². The van der Waals surface area contributed by atoms with E-state index in [0.717, 1.165) is 22.2 Å². The van der Waals surface area contributed by atoms with E-state index in [1.165, 1.54) is 12.1 Å². The number of nitrogens with one attached hydrogen (secondary N) is 3. The van der Waals surface area contributed by atoms with E-state index in [-0.39, 0.29) is 11.8 Å². The van der Waals surface area contributed by atoms with Crippen molar-refractivity contribution in [3.63, 3.8) is 0 Å². The largest absolute Gasteiger partial charge is 0.361 e. The third kappa shape index (κ3) is 3.92. The highest BCUT2D eigenvalue weighted by molar-refractivity contribution is 5.83. The van der Waals surface area contributed by atoms with Crippen molar-refractivity contribution >= 4 is 16.9 Å². The number of carbonyl (C=O) groups is 1. The second-order valence-corrected chi connectivity index (χ2v) is 5.67. The number of rotatable bonds is 6. The molecule has 2 heterocycles. The van der Waals surface area contributed by atoms with Gasteiger partial charge in [-0.25, -0.2) is 9.18 Å². The quantitative estimate of drug-likeness (QED) is 0.648. The fourth-order valence-electron chi connectivity index (χ4n) is 2.63. The summed E-state index contributed by atoms with van der Waals surface area (Å²) in [6.45, 7) is 1.01. The highest BCUT2D eigenvalue weighted by atomic mass is 19.1. The summed E-state index contributed by atoms with van der Waals surface area (Å²) >= 11 is 0. The molecule has 3 N–H and O–H groups in total. The highest BCUT2D eigenvalue weighted by Crippen LogP contribution is 2.19. The lowest BCUT2D eigenvalue weighted by Gasteiger charge is -2.06. The van der Waals surface area contributed by atoms with Crippen molar-refractivity contribution in [2.75, 3.05) is 13.1 Å². The Morgan fingerprint density at radius 2 is 2.04 bits per heavy atom. The maximum absolute atomic E-state index is 13.3. The van der Waals surface area contributed by atoms with E-state index in [2.05, 4.69) is 20.7 Å². The summed E-state index contributed by atoms with van der Waals surface area (Å²) in [6.07, 6.45) is 5.05. The van der Waals surface area contributed by atoms with Gasteiger partial charge < -0.3 is 15.6 Å². The Bertz CT molecular complexity index is 838. The second-order valence-electron chi connectivity index (χ2n) is 5.67. The number of halogens is 1. The molecule has 3 aromatic rings. The second kappa shape index (κ2) is 7.16. The van der Waals surface area contributed by atoms with Gasteiger partial charge in [-0.3, -0.25) is 4.68 Å². The van der Waals surface area contributed by atoms with Crippen LogP contribution in [-0.4, -0.2) is 33.9 Å². The van der Waals surface area contributed by atoms with Gasteiger partial charge in [0.05, 0.1) is 5.69 Å². The Morgan fingerprint density at radius 1 is 1.25 bits per heavy atom. The van der Waals surface area contributed by atoms with Crippen LogP contribution in [0.25, 0.3) is 10.9 Å². The van der Waals surface area contributed by atoms with E-state index in [1.54, 1.807) is 10.7 Å². The summed E-state index contributed by atoms with van der Waals surface area (Å²) < 4.78 is 15.1. The molecule has 0 aliphatic rings. The first kappa shape index (κ1) is 16.0. The lowest BCUT2D eigenvalue weighted by atomic mass is 10.1. The number of fused-ring (bicyclic) bond motifs is 1. The Balaban J connectivity index is 1.42. The van der Waals surface area contributed by atoms with Crippen molar-refractivity contribution in [1.29, 1.82) is 0 Å². The standard InChI is InChI=1S/C17H20FN5O/c1-23-9-6-14(22-23)5-8-20-17(24)19-7-4-12-11-21-16-3-2-13(18)10-15(12)16/h2-3,6,9-11,21H,4-5,7-8H2,1H3,(H2,19,20,24). The molecule has 3 rings (SSSR count). The first-order chi connectivity index (χ1) is 11.6. The topological polar surface area (TPSA) is 74.7 Å². The zero-order valence-corrected chi connectivity index (χ0v) is 13.5. The van der Waals surface area contributed by atoms with Crippen LogP contribution in [0.3, 0.4) is 0 Å². The fraction of sp³-hybridized carbons (Fsp3) is 0.294. The van der Waals surface area contributed by atoms with Crippen LogP contribution in [0.4, 0.5) is 9.18 Å². The molecule has 0 fully saturated rings. The van der Waals surface area contributed by atoms with Crippen molar-refractivity contribution in [3.8, 4) is 0 Å². The SMILES string of the molecule is Cn1ccc(CCNC(=O)NCCc2c[nH]c3ccc(F)cc23)n1. The summed E-state index contributed by atoms with van der Waals surface area (Å²) in [6, 6.07) is 6.36. The molecule has 24 heavy (non-hydrogen) atoms. The van der Waals surface area contributed by atoms with Gasteiger partial charge in [0.2, 0.25) is 0 Å². The summed E-state index contributed by atoms with van der Waals surface area (Å²) in [5.41, 5.74) is 2.82. The van der Waals surface area contributed by atoms with E-state index >= 15 is 0 Å². The number of hydrogen-bond acceptors (Lipinski definition) is 2. The van der Waals surface area contributed by atoms with Crippen LogP contribution in [0, 0.1) is 5.82 Å². The number of benzene rings is 1. The molecule has 126 valence electrons. The van der Waals surface area contributed by atoms with Crippen LogP contribution in [0.1, 0.15) is 11.3 Å². The van der Waals surface area contributed by atoms with Crippen LogP contribution in [0.5, 0.6) is 0 Å². The molecule has 2 amide bonds. The molecule has 0 saturated heterocycles. The number of H-pyrrole nitrogens is 1. The molecule has 0 aliphatic carbocycles. The van der Waals surface area contributed by atoms with Crippen LogP contribution < -0.4 is 10.6 Å². The molecule has 6 nitrogen and oxygen atoms in total. The first-order valence-electron chi connectivity index (χ1n) is 7.87. The van der Waals surface area contributed by atoms with Gasteiger partial charge in [0, 0.05) is 49.9 Å². The first-order valence-corrected chi connectivity index (χ1v) is 7.87. The maximum atomic E-state index is 13.3. The van der Waals surface area contributed by atoms with Crippen LogP contribution in [0.2, 0.25) is 0 Å². The lowest BCUT2D eigenvalue weighted by molar-refractivity contribution is 0.241. The average Bonchev–Trinajstić information content (AvgIpc) is 3.14. The number of hydrogen-bond donors (Lipinski definition) is 3. The maximum Gasteiger partial charge on any atom is 0.314 e. The molecule has 0 spiro atoms. The average molecular weight is 329 g/mol. The highest BCUT2D eigenvalue weighted by Gasteiger charge is 2.06. The third-order valence-corrected chi connectivity index (χ3v) is 3.84. The smallest absolute Gasteiger partial charge is 0.314 e. The summed E-state index contributed by atoms with van der Waals surface area (Å²) in [5.74, 6) is -0.261. The zero-order valence-electron chi connectivity index (χ0n) is 13.5. The molecule has 2 aromatic heterocycles. The van der Waals surface area contributed by atoms with E-state index in [1.807, 2.05) is 25.5 Å².